The van der Waals surface area contributed by atoms with E-state index in [9.17, 15) is 13.2 Å². The normalized spacial score (nSPS) is 11.5. The number of aromatic nitrogens is 1. The average Bonchev–Trinajstić information content (AvgIpc) is 2.50. The molecule has 1 N–H and O–H groups in total. The highest BCUT2D eigenvalue weighted by Gasteiger charge is 2.21. The Bertz CT molecular complexity index is 820. The summed E-state index contributed by atoms with van der Waals surface area (Å²) in [5.41, 5.74) is 3.42. The molecule has 24 heavy (non-hydrogen) atoms. The molecule has 2 rings (SSSR count). The van der Waals surface area contributed by atoms with Gasteiger partial charge < -0.3 is 5.32 Å². The predicted molar refractivity (Wildman–Crippen MR) is 94.0 cm³/mol. The van der Waals surface area contributed by atoms with E-state index in [0.29, 0.717) is 11.4 Å². The number of sulfonamides is 1. The van der Waals surface area contributed by atoms with Gasteiger partial charge in [0.2, 0.25) is 15.9 Å². The van der Waals surface area contributed by atoms with Crippen LogP contribution in [0.3, 0.4) is 0 Å². The molecule has 0 aliphatic carbocycles. The lowest BCUT2D eigenvalue weighted by Crippen LogP contribution is -2.37. The minimum absolute atomic E-state index is 0.0556. The number of hydrogen-bond donors (Lipinski definition) is 1. The van der Waals surface area contributed by atoms with Gasteiger partial charge in [0.1, 0.15) is 0 Å². The highest BCUT2D eigenvalue weighted by atomic mass is 32.2. The number of aryl methyl sites for hydroxylation is 2. The zero-order valence-corrected chi connectivity index (χ0v) is 14.8. The van der Waals surface area contributed by atoms with Gasteiger partial charge >= 0.3 is 0 Å². The summed E-state index contributed by atoms with van der Waals surface area (Å²) in [6.45, 7) is 3.73. The molecule has 1 aromatic carbocycles. The van der Waals surface area contributed by atoms with Gasteiger partial charge in [0.15, 0.2) is 0 Å². The van der Waals surface area contributed by atoms with Crippen molar-refractivity contribution < 1.29 is 13.2 Å². The molecule has 1 heterocycles. The zero-order valence-electron chi connectivity index (χ0n) is 14.0. The molecular weight excluding hydrogens is 326 g/mol. The Balaban J connectivity index is 2.08. The SMILES string of the molecule is Cc1ccc(NC(=O)CN(Cc2ccccn2)S(C)(=O)=O)cc1C. The fourth-order valence-corrected chi connectivity index (χ4v) is 2.86. The van der Waals surface area contributed by atoms with Crippen molar-refractivity contribution in [2.75, 3.05) is 18.1 Å². The first kappa shape index (κ1) is 18.1. The molecular formula is C17H21N3O3S. The largest absolute Gasteiger partial charge is 0.325 e. The van der Waals surface area contributed by atoms with E-state index in [-0.39, 0.29) is 19.0 Å². The fourth-order valence-electron chi connectivity index (χ4n) is 2.14. The summed E-state index contributed by atoms with van der Waals surface area (Å²) >= 11 is 0. The van der Waals surface area contributed by atoms with Crippen LogP contribution in [-0.2, 0) is 21.4 Å². The molecule has 0 saturated carbocycles. The zero-order chi connectivity index (χ0) is 17.7. The third-order valence-electron chi connectivity index (χ3n) is 3.64. The molecule has 0 unspecified atom stereocenters. The van der Waals surface area contributed by atoms with Crippen LogP contribution in [0.1, 0.15) is 16.8 Å². The molecule has 7 heteroatoms. The van der Waals surface area contributed by atoms with Gasteiger partial charge in [-0.3, -0.25) is 9.78 Å². The molecule has 6 nitrogen and oxygen atoms in total. The molecule has 0 spiro atoms. The van der Waals surface area contributed by atoms with E-state index < -0.39 is 10.0 Å². The van der Waals surface area contributed by atoms with Crippen molar-refractivity contribution in [2.24, 2.45) is 0 Å². The number of amides is 1. The monoisotopic (exact) mass is 347 g/mol. The number of benzene rings is 1. The first-order chi connectivity index (χ1) is 11.3. The average molecular weight is 347 g/mol. The molecule has 0 aliphatic rings. The molecule has 1 aromatic heterocycles. The Morgan fingerprint density at radius 2 is 1.92 bits per heavy atom. The minimum Gasteiger partial charge on any atom is -0.325 e. The van der Waals surface area contributed by atoms with Crippen LogP contribution >= 0.6 is 0 Å². The summed E-state index contributed by atoms with van der Waals surface area (Å²) in [5.74, 6) is -0.389. The molecule has 2 aromatic rings. The van der Waals surface area contributed by atoms with Crippen molar-refractivity contribution in [1.82, 2.24) is 9.29 Å². The van der Waals surface area contributed by atoms with E-state index in [4.69, 9.17) is 0 Å². The molecule has 0 radical (unpaired) electrons. The summed E-state index contributed by atoms with van der Waals surface area (Å²) in [4.78, 5) is 16.3. The van der Waals surface area contributed by atoms with Crippen LogP contribution in [0.4, 0.5) is 5.69 Å². The van der Waals surface area contributed by atoms with Gasteiger partial charge in [0, 0.05) is 11.9 Å². The van der Waals surface area contributed by atoms with Crippen LogP contribution in [0, 0.1) is 13.8 Å². The van der Waals surface area contributed by atoms with Crippen LogP contribution < -0.4 is 5.32 Å². The Morgan fingerprint density at radius 1 is 1.17 bits per heavy atom. The third kappa shape index (κ3) is 5.14. The lowest BCUT2D eigenvalue weighted by molar-refractivity contribution is -0.116. The number of carbonyl (C=O) groups is 1. The second-order valence-electron chi connectivity index (χ2n) is 5.70. The van der Waals surface area contributed by atoms with Gasteiger partial charge in [0.05, 0.1) is 25.0 Å². The van der Waals surface area contributed by atoms with E-state index in [0.717, 1.165) is 21.7 Å². The highest BCUT2D eigenvalue weighted by Crippen LogP contribution is 2.14. The summed E-state index contributed by atoms with van der Waals surface area (Å²) in [6, 6.07) is 10.8. The minimum atomic E-state index is -3.53. The lowest BCUT2D eigenvalue weighted by Gasteiger charge is -2.19. The van der Waals surface area contributed by atoms with Crippen molar-refractivity contribution in [1.29, 1.82) is 0 Å². The van der Waals surface area contributed by atoms with E-state index in [1.165, 1.54) is 0 Å². The summed E-state index contributed by atoms with van der Waals surface area (Å²) < 4.78 is 25.0. The Hall–Kier alpha value is -2.25. The number of nitrogens with zero attached hydrogens (tertiary/aromatic N) is 2. The number of carbonyl (C=O) groups excluding carboxylic acids is 1. The first-order valence-electron chi connectivity index (χ1n) is 7.48. The fraction of sp³-hybridized carbons (Fsp3) is 0.294. The lowest BCUT2D eigenvalue weighted by atomic mass is 10.1. The second kappa shape index (κ2) is 7.55. The van der Waals surface area contributed by atoms with Gasteiger partial charge in [-0.1, -0.05) is 12.1 Å². The maximum Gasteiger partial charge on any atom is 0.239 e. The Morgan fingerprint density at radius 3 is 2.50 bits per heavy atom. The van der Waals surface area contributed by atoms with E-state index >= 15 is 0 Å². The van der Waals surface area contributed by atoms with Crippen LogP contribution in [0.25, 0.3) is 0 Å². The molecule has 0 bridgehead atoms. The summed E-state index contributed by atoms with van der Waals surface area (Å²) in [6.07, 6.45) is 2.67. The smallest absolute Gasteiger partial charge is 0.239 e. The maximum absolute atomic E-state index is 12.2. The van der Waals surface area contributed by atoms with E-state index in [1.807, 2.05) is 26.0 Å². The Labute approximate surface area is 142 Å². The molecule has 128 valence electrons. The highest BCUT2D eigenvalue weighted by molar-refractivity contribution is 7.88. The topological polar surface area (TPSA) is 79.4 Å². The van der Waals surface area contributed by atoms with Gasteiger partial charge in [-0.25, -0.2) is 8.42 Å². The maximum atomic E-state index is 12.2. The predicted octanol–water partition coefficient (Wildman–Crippen LogP) is 2.10. The molecule has 0 fully saturated rings. The van der Waals surface area contributed by atoms with E-state index in [1.54, 1.807) is 30.5 Å². The second-order valence-corrected chi connectivity index (χ2v) is 7.68. The summed E-state index contributed by atoms with van der Waals surface area (Å²) in [5, 5.41) is 2.73. The molecule has 0 aliphatic heterocycles. The number of rotatable bonds is 6. The standard InChI is InChI=1S/C17H21N3O3S/c1-13-7-8-15(10-14(13)2)19-17(21)12-20(24(3,22)23)11-16-6-4-5-9-18-16/h4-10H,11-12H2,1-3H3,(H,19,21). The van der Waals surface area contributed by atoms with Crippen LogP contribution in [-0.4, -0.2) is 36.4 Å². The van der Waals surface area contributed by atoms with Crippen LogP contribution in [0.15, 0.2) is 42.6 Å². The molecule has 0 saturated heterocycles. The number of pyridine rings is 1. The number of anilines is 1. The van der Waals surface area contributed by atoms with Crippen molar-refractivity contribution in [3.63, 3.8) is 0 Å². The van der Waals surface area contributed by atoms with Crippen molar-refractivity contribution in [2.45, 2.75) is 20.4 Å². The van der Waals surface area contributed by atoms with Crippen molar-refractivity contribution in [3.05, 3.63) is 59.4 Å². The quantitative estimate of drug-likeness (QED) is 0.868. The van der Waals surface area contributed by atoms with E-state index in [2.05, 4.69) is 10.3 Å². The van der Waals surface area contributed by atoms with Crippen molar-refractivity contribution >= 4 is 21.6 Å². The number of nitrogens with one attached hydrogen (secondary N) is 1. The van der Waals surface area contributed by atoms with Crippen LogP contribution in [0.5, 0.6) is 0 Å². The third-order valence-corrected chi connectivity index (χ3v) is 4.84. The van der Waals surface area contributed by atoms with Gasteiger partial charge in [-0.15, -0.1) is 0 Å². The molecule has 1 amide bonds. The van der Waals surface area contributed by atoms with Gasteiger partial charge in [0.25, 0.3) is 0 Å². The van der Waals surface area contributed by atoms with Gasteiger partial charge in [-0.05, 0) is 49.2 Å². The van der Waals surface area contributed by atoms with Crippen LogP contribution in [0.2, 0.25) is 0 Å². The number of hydrogen-bond acceptors (Lipinski definition) is 4. The first-order valence-corrected chi connectivity index (χ1v) is 9.32. The molecule has 0 atom stereocenters. The van der Waals surface area contributed by atoms with Gasteiger partial charge in [-0.2, -0.15) is 4.31 Å². The Kier molecular flexibility index (Phi) is 5.69. The summed E-state index contributed by atoms with van der Waals surface area (Å²) in [7, 11) is -3.53. The van der Waals surface area contributed by atoms with Crippen molar-refractivity contribution in [3.8, 4) is 0 Å².